The van der Waals surface area contributed by atoms with E-state index in [1.807, 2.05) is 6.92 Å². The first-order valence-electron chi connectivity index (χ1n) is 11.5. The number of benzene rings is 2. The van der Waals surface area contributed by atoms with Crippen molar-refractivity contribution >= 4 is 16.7 Å². The molecule has 1 aliphatic carbocycles. The fraction of sp³-hybridized carbons (Fsp3) is 0.269. The quantitative estimate of drug-likeness (QED) is 0.449. The largest absolute Gasteiger partial charge is 0.488 e. The molecule has 0 radical (unpaired) electrons. The van der Waals surface area contributed by atoms with E-state index in [0.717, 1.165) is 30.7 Å². The second-order valence-electron chi connectivity index (χ2n) is 9.03. The Morgan fingerprint density at radius 1 is 1.03 bits per heavy atom. The van der Waals surface area contributed by atoms with Crippen molar-refractivity contribution in [2.75, 3.05) is 6.54 Å². The van der Waals surface area contributed by atoms with Crippen LogP contribution in [-0.4, -0.2) is 43.6 Å². The number of pyridine rings is 1. The van der Waals surface area contributed by atoms with Crippen molar-refractivity contribution in [3.63, 3.8) is 0 Å². The van der Waals surface area contributed by atoms with Crippen molar-refractivity contribution < 1.29 is 18.3 Å². The van der Waals surface area contributed by atoms with Gasteiger partial charge in [-0.25, -0.2) is 13.8 Å². The lowest BCUT2D eigenvalue weighted by atomic mass is 9.86. The maximum absolute atomic E-state index is 13.9. The Kier molecular flexibility index (Phi) is 4.94. The highest BCUT2D eigenvalue weighted by Crippen LogP contribution is 2.35. The summed E-state index contributed by atoms with van der Waals surface area (Å²) in [5.74, 6) is -1.60. The van der Waals surface area contributed by atoms with E-state index >= 15 is 0 Å². The summed E-state index contributed by atoms with van der Waals surface area (Å²) >= 11 is 0. The first-order valence-corrected chi connectivity index (χ1v) is 11.5. The number of rotatable bonds is 4. The summed E-state index contributed by atoms with van der Waals surface area (Å²) in [6.45, 7) is 2.61. The Morgan fingerprint density at radius 2 is 1.86 bits per heavy atom. The molecule has 9 heteroatoms. The molecule has 0 saturated heterocycles. The molecule has 35 heavy (non-hydrogen) atoms. The van der Waals surface area contributed by atoms with Crippen molar-refractivity contribution in [1.82, 2.24) is 19.0 Å². The number of amides is 1. The molecule has 2 aliphatic rings. The Bertz CT molecular complexity index is 1540. The van der Waals surface area contributed by atoms with Crippen molar-refractivity contribution in [2.24, 2.45) is 0 Å². The fourth-order valence-electron chi connectivity index (χ4n) is 4.95. The van der Waals surface area contributed by atoms with Crippen molar-refractivity contribution in [1.29, 1.82) is 0 Å². The lowest BCUT2D eigenvalue weighted by molar-refractivity contribution is -0.00484. The van der Waals surface area contributed by atoms with Crippen LogP contribution >= 0.6 is 0 Å². The number of aryl methyl sites for hydroxylation is 1. The zero-order valence-corrected chi connectivity index (χ0v) is 18.9. The fourth-order valence-corrected chi connectivity index (χ4v) is 4.95. The minimum absolute atomic E-state index is 0.164. The van der Waals surface area contributed by atoms with Gasteiger partial charge in [-0.15, -0.1) is 0 Å². The summed E-state index contributed by atoms with van der Waals surface area (Å²) < 4.78 is 36.9. The first kappa shape index (κ1) is 21.5. The van der Waals surface area contributed by atoms with Gasteiger partial charge in [-0.05, 0) is 55.5 Å². The van der Waals surface area contributed by atoms with Gasteiger partial charge < -0.3 is 18.8 Å². The molecule has 3 heterocycles. The second-order valence-corrected chi connectivity index (χ2v) is 9.03. The predicted octanol–water partition coefficient (Wildman–Crippen LogP) is 3.84. The number of halogens is 2. The summed E-state index contributed by atoms with van der Waals surface area (Å²) in [6, 6.07) is 10.6. The molecule has 7 nitrogen and oxygen atoms in total. The third-order valence-electron chi connectivity index (χ3n) is 6.92. The number of hydrogen-bond donors (Lipinski definition) is 0. The molecule has 178 valence electrons. The molecule has 1 fully saturated rings. The molecule has 4 aromatic rings. The van der Waals surface area contributed by atoms with Gasteiger partial charge in [-0.2, -0.15) is 0 Å². The lowest BCUT2D eigenvalue weighted by Gasteiger charge is -2.45. The normalized spacial score (nSPS) is 19.5. The molecule has 1 amide bonds. The van der Waals surface area contributed by atoms with Crippen LogP contribution in [0.15, 0.2) is 59.8 Å². The Balaban J connectivity index is 1.25. The number of hydrogen-bond acceptors (Lipinski definition) is 4. The van der Waals surface area contributed by atoms with Crippen LogP contribution in [0.5, 0.6) is 5.75 Å². The highest BCUT2D eigenvalue weighted by atomic mass is 19.2. The number of ether oxygens (including phenoxy) is 1. The van der Waals surface area contributed by atoms with Gasteiger partial charge in [0.2, 0.25) is 0 Å². The van der Waals surface area contributed by atoms with E-state index in [4.69, 9.17) is 4.74 Å². The Morgan fingerprint density at radius 3 is 2.60 bits per heavy atom. The summed E-state index contributed by atoms with van der Waals surface area (Å²) in [4.78, 5) is 32.4. The average Bonchev–Trinajstić information content (AvgIpc) is 3.25. The minimum Gasteiger partial charge on any atom is -0.488 e. The van der Waals surface area contributed by atoms with Crippen LogP contribution in [0.4, 0.5) is 8.78 Å². The van der Waals surface area contributed by atoms with Crippen LogP contribution in [0, 0.1) is 18.6 Å². The van der Waals surface area contributed by atoms with Gasteiger partial charge >= 0.3 is 0 Å². The number of aromatic nitrogens is 3. The van der Waals surface area contributed by atoms with E-state index in [9.17, 15) is 18.4 Å². The highest BCUT2D eigenvalue weighted by Gasteiger charge is 2.42. The van der Waals surface area contributed by atoms with E-state index in [1.54, 1.807) is 52.3 Å². The first-order chi connectivity index (χ1) is 16.9. The molecule has 6 rings (SSSR count). The van der Waals surface area contributed by atoms with Gasteiger partial charge in [0.1, 0.15) is 23.2 Å². The Hall–Kier alpha value is -4.01. The zero-order chi connectivity index (χ0) is 24.3. The molecule has 2 atom stereocenters. The lowest BCUT2D eigenvalue weighted by Crippen LogP contribution is -2.58. The summed E-state index contributed by atoms with van der Waals surface area (Å²) in [5, 5.41) is 1.03. The molecule has 1 saturated carbocycles. The van der Waals surface area contributed by atoms with Gasteiger partial charge in [-0.3, -0.25) is 9.59 Å². The molecule has 0 N–H and O–H groups in total. The molecule has 0 spiro atoms. The summed E-state index contributed by atoms with van der Waals surface area (Å²) in [6.07, 6.45) is 4.58. The SMILES string of the molecule is Cc1cn(-c2ccc3n(c2=O)CCN(C2CCC2Oc2cccc4cc(F)c(F)cc24)C3=O)cn1. The third kappa shape index (κ3) is 3.50. The van der Waals surface area contributed by atoms with Crippen LogP contribution in [0.2, 0.25) is 0 Å². The van der Waals surface area contributed by atoms with E-state index in [0.29, 0.717) is 41.0 Å². The van der Waals surface area contributed by atoms with E-state index < -0.39 is 11.6 Å². The molecule has 1 aliphatic heterocycles. The van der Waals surface area contributed by atoms with Gasteiger partial charge in [0.15, 0.2) is 11.6 Å². The average molecular weight is 476 g/mol. The third-order valence-corrected chi connectivity index (χ3v) is 6.92. The number of fused-ring (bicyclic) bond motifs is 2. The minimum atomic E-state index is -0.933. The second kappa shape index (κ2) is 8.04. The molecule has 2 unspecified atom stereocenters. The molecule has 2 aromatic carbocycles. The Labute approximate surface area is 199 Å². The maximum atomic E-state index is 13.9. The number of carbonyl (C=O) groups is 1. The van der Waals surface area contributed by atoms with E-state index in [2.05, 4.69) is 4.98 Å². The van der Waals surface area contributed by atoms with Crippen LogP contribution in [0.25, 0.3) is 16.5 Å². The summed E-state index contributed by atoms with van der Waals surface area (Å²) in [7, 11) is 0. The van der Waals surface area contributed by atoms with Gasteiger partial charge in [0.05, 0.1) is 18.1 Å². The molecular weight excluding hydrogens is 454 g/mol. The molecule has 0 bridgehead atoms. The van der Waals surface area contributed by atoms with Gasteiger partial charge in [0.25, 0.3) is 11.5 Å². The number of nitrogens with zero attached hydrogens (tertiary/aromatic N) is 4. The van der Waals surface area contributed by atoms with Crippen LogP contribution in [0.1, 0.15) is 29.0 Å². The summed E-state index contributed by atoms with van der Waals surface area (Å²) in [5.41, 5.74) is 1.35. The topological polar surface area (TPSA) is 69.4 Å². The number of carbonyl (C=O) groups excluding carboxylic acids is 1. The van der Waals surface area contributed by atoms with Gasteiger partial charge in [-0.1, -0.05) is 12.1 Å². The van der Waals surface area contributed by atoms with Crippen LogP contribution < -0.4 is 10.3 Å². The van der Waals surface area contributed by atoms with Crippen LogP contribution in [0.3, 0.4) is 0 Å². The van der Waals surface area contributed by atoms with E-state index in [1.165, 1.54) is 4.57 Å². The smallest absolute Gasteiger partial charge is 0.275 e. The monoisotopic (exact) mass is 476 g/mol. The maximum Gasteiger partial charge on any atom is 0.275 e. The van der Waals surface area contributed by atoms with E-state index in [-0.39, 0.29) is 23.6 Å². The number of imidazole rings is 1. The van der Waals surface area contributed by atoms with Crippen molar-refractivity contribution in [3.05, 3.63) is 88.4 Å². The molecule has 2 aromatic heterocycles. The van der Waals surface area contributed by atoms with Crippen molar-refractivity contribution in [2.45, 2.75) is 38.5 Å². The predicted molar refractivity (Wildman–Crippen MR) is 125 cm³/mol. The molecular formula is C26H22F2N4O3. The standard InChI is InChI=1S/C26H22F2N4O3/c1-15-13-30(14-29-15)21-5-6-22-26(34)31(9-10-32(22)25(21)33)20-7-8-24(20)35-23-4-2-3-16-11-18(27)19(28)12-17(16)23/h2-6,11-14,20,24H,7-10H2,1H3. The highest BCUT2D eigenvalue weighted by molar-refractivity contribution is 5.94. The van der Waals surface area contributed by atoms with Gasteiger partial charge in [0, 0.05) is 24.7 Å². The zero-order valence-electron chi connectivity index (χ0n) is 18.9. The van der Waals surface area contributed by atoms with Crippen LogP contribution in [-0.2, 0) is 6.54 Å². The van der Waals surface area contributed by atoms with Crippen molar-refractivity contribution in [3.8, 4) is 11.4 Å².